The maximum Gasteiger partial charge on any atom is 0.329 e. The third-order valence-electron chi connectivity index (χ3n) is 3.02. The van der Waals surface area contributed by atoms with Gasteiger partial charge in [0, 0.05) is 0 Å². The van der Waals surface area contributed by atoms with E-state index in [2.05, 4.69) is 5.32 Å². The number of carbonyl (C=O) groups excluding carboxylic acids is 1. The van der Waals surface area contributed by atoms with E-state index in [0.717, 1.165) is 6.42 Å². The second-order valence-electron chi connectivity index (χ2n) is 4.01. The molecule has 1 saturated carbocycles. The molecule has 2 N–H and O–H groups in total. The topological polar surface area (TPSA) is 75.6 Å². The Bertz CT molecular complexity index is 450. The summed E-state index contributed by atoms with van der Waals surface area (Å²) in [5.74, 6) is -0.862. The van der Waals surface area contributed by atoms with Gasteiger partial charge in [-0.05, 0) is 30.7 Å². The van der Waals surface area contributed by atoms with Crippen LogP contribution in [0.5, 0.6) is 5.75 Å². The molecule has 1 aromatic heterocycles. The number of aliphatic carboxylic acids is 1. The van der Waals surface area contributed by atoms with Gasteiger partial charge in [-0.25, -0.2) is 4.79 Å². The van der Waals surface area contributed by atoms with Crippen LogP contribution >= 0.6 is 11.3 Å². The lowest BCUT2D eigenvalue weighted by Gasteiger charge is -2.38. The summed E-state index contributed by atoms with van der Waals surface area (Å²) in [6.07, 6.45) is 1.80. The molecular weight excluding hydrogens is 242 g/mol. The molecule has 6 heteroatoms. The number of amides is 1. The highest BCUT2D eigenvalue weighted by molar-refractivity contribution is 7.12. The molecule has 0 saturated heterocycles. The molecule has 0 aromatic carbocycles. The van der Waals surface area contributed by atoms with Gasteiger partial charge in [-0.2, -0.15) is 0 Å². The van der Waals surface area contributed by atoms with E-state index < -0.39 is 11.5 Å². The molecule has 0 spiro atoms. The summed E-state index contributed by atoms with van der Waals surface area (Å²) in [4.78, 5) is 23.5. The van der Waals surface area contributed by atoms with Crippen molar-refractivity contribution in [1.29, 1.82) is 0 Å². The second kappa shape index (κ2) is 4.37. The first-order chi connectivity index (χ1) is 8.09. The van der Waals surface area contributed by atoms with E-state index in [0.29, 0.717) is 23.5 Å². The fourth-order valence-electron chi connectivity index (χ4n) is 1.82. The minimum Gasteiger partial charge on any atom is -0.495 e. The maximum atomic E-state index is 12.0. The number of hydrogen-bond donors (Lipinski definition) is 2. The molecule has 5 nitrogen and oxygen atoms in total. The van der Waals surface area contributed by atoms with Crippen molar-refractivity contribution in [3.05, 3.63) is 16.3 Å². The highest BCUT2D eigenvalue weighted by atomic mass is 32.1. The monoisotopic (exact) mass is 255 g/mol. The minimum atomic E-state index is -1.08. The predicted molar refractivity (Wildman–Crippen MR) is 62.6 cm³/mol. The summed E-state index contributed by atoms with van der Waals surface area (Å²) >= 11 is 1.24. The Balaban J connectivity index is 2.14. The average molecular weight is 255 g/mol. The molecule has 1 heterocycles. The van der Waals surface area contributed by atoms with Crippen LogP contribution in [-0.4, -0.2) is 29.6 Å². The number of carbonyl (C=O) groups is 2. The van der Waals surface area contributed by atoms with Crippen molar-refractivity contribution < 1.29 is 19.4 Å². The van der Waals surface area contributed by atoms with Gasteiger partial charge < -0.3 is 15.2 Å². The minimum absolute atomic E-state index is 0.376. The SMILES string of the molecule is COc1ccsc1C(=O)NC1(C(=O)O)CCC1. The van der Waals surface area contributed by atoms with Gasteiger partial charge in [0.05, 0.1) is 7.11 Å². The molecular formula is C11H13NO4S. The Hall–Kier alpha value is -1.56. The van der Waals surface area contributed by atoms with Crippen molar-refractivity contribution in [2.45, 2.75) is 24.8 Å². The summed E-state index contributed by atoms with van der Waals surface area (Å²) < 4.78 is 5.04. The molecule has 92 valence electrons. The van der Waals surface area contributed by atoms with Crippen LogP contribution in [0.25, 0.3) is 0 Å². The predicted octanol–water partition coefficient (Wildman–Crippen LogP) is 1.49. The first-order valence-electron chi connectivity index (χ1n) is 5.26. The lowest BCUT2D eigenvalue weighted by atomic mass is 9.76. The largest absolute Gasteiger partial charge is 0.495 e. The van der Waals surface area contributed by atoms with Gasteiger partial charge in [0.25, 0.3) is 5.91 Å². The van der Waals surface area contributed by atoms with E-state index in [4.69, 9.17) is 9.84 Å². The highest BCUT2D eigenvalue weighted by Gasteiger charge is 2.46. The van der Waals surface area contributed by atoms with Crippen LogP contribution < -0.4 is 10.1 Å². The van der Waals surface area contributed by atoms with Crippen LogP contribution in [0.2, 0.25) is 0 Å². The number of hydrogen-bond acceptors (Lipinski definition) is 4. The van der Waals surface area contributed by atoms with Crippen LogP contribution in [0.1, 0.15) is 28.9 Å². The van der Waals surface area contributed by atoms with Crippen molar-refractivity contribution in [3.8, 4) is 5.75 Å². The molecule has 1 aliphatic carbocycles. The molecule has 0 bridgehead atoms. The lowest BCUT2D eigenvalue weighted by molar-refractivity contribution is -0.148. The highest BCUT2D eigenvalue weighted by Crippen LogP contribution is 2.33. The molecule has 0 unspecified atom stereocenters. The number of carboxylic acid groups (broad SMARTS) is 1. The first-order valence-corrected chi connectivity index (χ1v) is 6.14. The molecule has 0 radical (unpaired) electrons. The van der Waals surface area contributed by atoms with Crippen molar-refractivity contribution in [2.24, 2.45) is 0 Å². The average Bonchev–Trinajstić information content (AvgIpc) is 2.70. The molecule has 1 aliphatic rings. The molecule has 0 atom stereocenters. The molecule has 2 rings (SSSR count). The van der Waals surface area contributed by atoms with Gasteiger partial charge in [0.2, 0.25) is 0 Å². The van der Waals surface area contributed by atoms with Crippen LogP contribution in [0, 0.1) is 0 Å². The third-order valence-corrected chi connectivity index (χ3v) is 3.92. The van der Waals surface area contributed by atoms with E-state index in [1.165, 1.54) is 18.4 Å². The smallest absolute Gasteiger partial charge is 0.329 e. The number of carboxylic acids is 1. The fraction of sp³-hybridized carbons (Fsp3) is 0.455. The fourth-order valence-corrected chi connectivity index (χ4v) is 2.57. The van der Waals surface area contributed by atoms with Gasteiger partial charge in [-0.3, -0.25) is 4.79 Å². The van der Waals surface area contributed by atoms with Crippen molar-refractivity contribution in [3.63, 3.8) is 0 Å². The number of thiophene rings is 1. The Morgan fingerprint density at radius 2 is 2.24 bits per heavy atom. The van der Waals surface area contributed by atoms with Crippen LogP contribution in [0.4, 0.5) is 0 Å². The summed E-state index contributed by atoms with van der Waals surface area (Å²) in [5, 5.41) is 13.5. The van der Waals surface area contributed by atoms with Crippen LogP contribution in [0.3, 0.4) is 0 Å². The number of rotatable bonds is 4. The molecule has 17 heavy (non-hydrogen) atoms. The standard InChI is InChI=1S/C11H13NO4S/c1-16-7-3-6-17-8(7)9(13)12-11(10(14)15)4-2-5-11/h3,6H,2,4-5H2,1H3,(H,12,13)(H,14,15). The number of nitrogens with one attached hydrogen (secondary N) is 1. The Kier molecular flexibility index (Phi) is 3.06. The zero-order chi connectivity index (χ0) is 12.5. The summed E-state index contributed by atoms with van der Waals surface area (Å²) in [6.45, 7) is 0. The molecule has 1 aromatic rings. The quantitative estimate of drug-likeness (QED) is 0.854. The summed E-state index contributed by atoms with van der Waals surface area (Å²) in [7, 11) is 1.48. The number of ether oxygens (including phenoxy) is 1. The van der Waals surface area contributed by atoms with Gasteiger partial charge in [0.15, 0.2) is 0 Å². The summed E-state index contributed by atoms with van der Waals surface area (Å²) in [5.41, 5.74) is -1.08. The molecule has 0 aliphatic heterocycles. The van der Waals surface area contributed by atoms with E-state index >= 15 is 0 Å². The maximum absolute atomic E-state index is 12.0. The van der Waals surface area contributed by atoms with E-state index in [1.54, 1.807) is 11.4 Å². The third kappa shape index (κ3) is 2.00. The first kappa shape index (κ1) is 11.9. The lowest BCUT2D eigenvalue weighted by Crippen LogP contribution is -2.59. The Morgan fingerprint density at radius 3 is 2.71 bits per heavy atom. The molecule has 1 fully saturated rings. The Morgan fingerprint density at radius 1 is 1.53 bits per heavy atom. The van der Waals surface area contributed by atoms with Crippen molar-refractivity contribution >= 4 is 23.2 Å². The normalized spacial score (nSPS) is 17.0. The van der Waals surface area contributed by atoms with Crippen molar-refractivity contribution in [2.75, 3.05) is 7.11 Å². The Labute approximate surface area is 102 Å². The van der Waals surface area contributed by atoms with Gasteiger partial charge in [0.1, 0.15) is 16.2 Å². The van der Waals surface area contributed by atoms with E-state index in [-0.39, 0.29) is 5.91 Å². The van der Waals surface area contributed by atoms with Gasteiger partial charge >= 0.3 is 5.97 Å². The summed E-state index contributed by atoms with van der Waals surface area (Å²) in [6, 6.07) is 1.69. The number of methoxy groups -OCH3 is 1. The van der Waals surface area contributed by atoms with Gasteiger partial charge in [-0.1, -0.05) is 0 Å². The van der Waals surface area contributed by atoms with Crippen LogP contribution in [0.15, 0.2) is 11.4 Å². The second-order valence-corrected chi connectivity index (χ2v) is 4.93. The van der Waals surface area contributed by atoms with Crippen LogP contribution in [-0.2, 0) is 4.79 Å². The zero-order valence-electron chi connectivity index (χ0n) is 9.36. The van der Waals surface area contributed by atoms with E-state index in [1.807, 2.05) is 0 Å². The van der Waals surface area contributed by atoms with E-state index in [9.17, 15) is 9.59 Å². The van der Waals surface area contributed by atoms with Gasteiger partial charge in [-0.15, -0.1) is 11.3 Å². The molecule has 1 amide bonds. The zero-order valence-corrected chi connectivity index (χ0v) is 10.2. The van der Waals surface area contributed by atoms with Crippen molar-refractivity contribution in [1.82, 2.24) is 5.32 Å².